The highest BCUT2D eigenvalue weighted by Gasteiger charge is 2.32. The molecule has 3 amide bonds. The Kier molecular flexibility index (Phi) is 10.5. The van der Waals surface area contributed by atoms with Crippen molar-refractivity contribution in [3.8, 4) is 0 Å². The van der Waals surface area contributed by atoms with Crippen LogP contribution in [0.25, 0.3) is 0 Å². The monoisotopic (exact) mass is 537 g/mol. The highest BCUT2D eigenvalue weighted by atomic mass is 16.2. The maximum absolute atomic E-state index is 13.3. The van der Waals surface area contributed by atoms with Gasteiger partial charge in [-0.25, -0.2) is 0 Å². The Morgan fingerprint density at radius 2 is 0.821 bits per heavy atom. The number of rotatable bonds is 6. The zero-order valence-corrected chi connectivity index (χ0v) is 24.6. The lowest BCUT2D eigenvalue weighted by molar-refractivity contribution is -0.121. The Morgan fingerprint density at radius 3 is 1.13 bits per heavy atom. The SMILES string of the molecule is CC(C)(C)C1CCC(C(=O)Nc2cc(NC(=O)C3CCCCCC3)cc(NC(=O)C3CCCCCC3)c2)CC1. The highest BCUT2D eigenvalue weighted by Crippen LogP contribution is 2.40. The molecule has 0 heterocycles. The Labute approximate surface area is 235 Å². The summed E-state index contributed by atoms with van der Waals surface area (Å²) in [6.45, 7) is 6.87. The van der Waals surface area contributed by atoms with Crippen LogP contribution >= 0.6 is 0 Å². The molecule has 3 aliphatic carbocycles. The van der Waals surface area contributed by atoms with E-state index in [2.05, 4.69) is 36.7 Å². The summed E-state index contributed by atoms with van der Waals surface area (Å²) in [6, 6.07) is 5.52. The van der Waals surface area contributed by atoms with Crippen LogP contribution in [0, 0.1) is 29.1 Å². The van der Waals surface area contributed by atoms with Crippen LogP contribution in [0.1, 0.15) is 124 Å². The van der Waals surface area contributed by atoms with Gasteiger partial charge >= 0.3 is 0 Å². The molecule has 216 valence electrons. The number of nitrogens with one attached hydrogen (secondary N) is 3. The van der Waals surface area contributed by atoms with Gasteiger partial charge in [0.25, 0.3) is 0 Å². The highest BCUT2D eigenvalue weighted by molar-refractivity contribution is 5.99. The Bertz CT molecular complexity index is 922. The summed E-state index contributed by atoms with van der Waals surface area (Å²) in [5, 5.41) is 9.36. The predicted molar refractivity (Wildman–Crippen MR) is 160 cm³/mol. The van der Waals surface area contributed by atoms with Crippen molar-refractivity contribution in [2.75, 3.05) is 16.0 Å². The van der Waals surface area contributed by atoms with Crippen molar-refractivity contribution in [1.29, 1.82) is 0 Å². The fourth-order valence-electron chi connectivity index (χ4n) is 6.88. The van der Waals surface area contributed by atoms with E-state index in [-0.39, 0.29) is 40.9 Å². The van der Waals surface area contributed by atoms with Gasteiger partial charge in [-0.3, -0.25) is 14.4 Å². The van der Waals surface area contributed by atoms with Crippen molar-refractivity contribution >= 4 is 34.8 Å². The molecule has 0 radical (unpaired) electrons. The molecular formula is C33H51N3O3. The Morgan fingerprint density at radius 1 is 0.513 bits per heavy atom. The van der Waals surface area contributed by atoms with Gasteiger partial charge in [-0.15, -0.1) is 0 Å². The molecule has 3 fully saturated rings. The smallest absolute Gasteiger partial charge is 0.227 e. The first-order valence-electron chi connectivity index (χ1n) is 15.8. The van der Waals surface area contributed by atoms with Gasteiger partial charge in [0.1, 0.15) is 0 Å². The third kappa shape index (κ3) is 8.81. The second-order valence-electron chi connectivity index (χ2n) is 13.6. The van der Waals surface area contributed by atoms with Crippen LogP contribution < -0.4 is 16.0 Å². The molecule has 0 spiro atoms. The molecule has 0 unspecified atom stereocenters. The molecule has 4 rings (SSSR count). The second kappa shape index (κ2) is 13.8. The van der Waals surface area contributed by atoms with Crippen LogP contribution in [0.5, 0.6) is 0 Å². The maximum Gasteiger partial charge on any atom is 0.227 e. The minimum Gasteiger partial charge on any atom is -0.326 e. The fourth-order valence-corrected chi connectivity index (χ4v) is 6.88. The predicted octanol–water partition coefficient (Wildman–Crippen LogP) is 8.30. The second-order valence-corrected chi connectivity index (χ2v) is 13.6. The topological polar surface area (TPSA) is 87.3 Å². The summed E-state index contributed by atoms with van der Waals surface area (Å²) in [6.07, 6.45) is 16.8. The molecule has 6 heteroatoms. The van der Waals surface area contributed by atoms with Crippen LogP contribution in [-0.4, -0.2) is 17.7 Å². The number of carbonyl (C=O) groups excluding carboxylic acids is 3. The molecule has 3 saturated carbocycles. The molecule has 3 aliphatic rings. The van der Waals surface area contributed by atoms with Crippen molar-refractivity contribution in [2.45, 2.75) is 124 Å². The number of hydrogen-bond acceptors (Lipinski definition) is 3. The average molecular weight is 538 g/mol. The lowest BCUT2D eigenvalue weighted by Crippen LogP contribution is -2.31. The molecule has 0 atom stereocenters. The van der Waals surface area contributed by atoms with Crippen molar-refractivity contribution in [3.05, 3.63) is 18.2 Å². The molecular weight excluding hydrogens is 486 g/mol. The summed E-state index contributed by atoms with van der Waals surface area (Å²) in [7, 11) is 0. The Hall–Kier alpha value is -2.37. The molecule has 0 aromatic heterocycles. The van der Waals surface area contributed by atoms with Crippen LogP contribution in [0.15, 0.2) is 18.2 Å². The summed E-state index contributed by atoms with van der Waals surface area (Å²) < 4.78 is 0. The van der Waals surface area contributed by atoms with Gasteiger partial charge < -0.3 is 16.0 Å². The summed E-state index contributed by atoms with van der Waals surface area (Å²) in [5.41, 5.74) is 2.17. The summed E-state index contributed by atoms with van der Waals surface area (Å²) in [5.74, 6) is 0.812. The molecule has 6 nitrogen and oxygen atoms in total. The standard InChI is InChI=1S/C33H51N3O3/c1-33(2,3)26-18-16-25(17-19-26)32(39)36-29-21-27(34-30(37)23-12-8-4-5-9-13-23)20-28(22-29)35-31(38)24-14-10-6-7-11-15-24/h20-26H,4-19H2,1-3H3,(H,34,37)(H,35,38)(H,36,39). The average Bonchev–Trinajstić information content (AvgIpc) is 3.34. The maximum atomic E-state index is 13.3. The van der Waals surface area contributed by atoms with Crippen molar-refractivity contribution < 1.29 is 14.4 Å². The van der Waals surface area contributed by atoms with Gasteiger partial charge in [-0.2, -0.15) is 0 Å². The first-order valence-corrected chi connectivity index (χ1v) is 15.8. The van der Waals surface area contributed by atoms with E-state index >= 15 is 0 Å². The van der Waals surface area contributed by atoms with Crippen LogP contribution in [0.3, 0.4) is 0 Å². The van der Waals surface area contributed by atoms with E-state index in [1.807, 2.05) is 18.2 Å². The number of benzene rings is 1. The quantitative estimate of drug-likeness (QED) is 0.319. The molecule has 0 bridgehead atoms. The first-order chi connectivity index (χ1) is 18.7. The van der Waals surface area contributed by atoms with E-state index in [0.29, 0.717) is 23.0 Å². The number of amides is 3. The lowest BCUT2D eigenvalue weighted by atomic mass is 9.69. The van der Waals surface area contributed by atoms with E-state index in [0.717, 1.165) is 77.0 Å². The van der Waals surface area contributed by atoms with Crippen molar-refractivity contribution in [1.82, 2.24) is 0 Å². The van der Waals surface area contributed by atoms with Crippen molar-refractivity contribution in [3.63, 3.8) is 0 Å². The van der Waals surface area contributed by atoms with Gasteiger partial charge in [-0.05, 0) is 80.9 Å². The van der Waals surface area contributed by atoms with Crippen LogP contribution in [0.4, 0.5) is 17.1 Å². The minimum atomic E-state index is -0.00290. The Balaban J connectivity index is 1.47. The number of anilines is 3. The zero-order chi connectivity index (χ0) is 27.8. The van der Waals surface area contributed by atoms with Gasteiger partial charge in [-0.1, -0.05) is 72.1 Å². The third-order valence-corrected chi connectivity index (χ3v) is 9.51. The van der Waals surface area contributed by atoms with E-state index in [1.54, 1.807) is 0 Å². The van der Waals surface area contributed by atoms with E-state index < -0.39 is 0 Å². The fraction of sp³-hybridized carbons (Fsp3) is 0.727. The van der Waals surface area contributed by atoms with Gasteiger partial charge in [0.2, 0.25) is 17.7 Å². The van der Waals surface area contributed by atoms with Gasteiger partial charge in [0, 0.05) is 34.8 Å². The third-order valence-electron chi connectivity index (χ3n) is 9.51. The molecule has 0 aliphatic heterocycles. The molecule has 0 saturated heterocycles. The van der Waals surface area contributed by atoms with Gasteiger partial charge in [0.05, 0.1) is 0 Å². The number of hydrogen-bond donors (Lipinski definition) is 3. The van der Waals surface area contributed by atoms with E-state index in [4.69, 9.17) is 0 Å². The summed E-state index contributed by atoms with van der Waals surface area (Å²) in [4.78, 5) is 39.6. The number of carbonyl (C=O) groups is 3. The first kappa shape index (κ1) is 29.6. The largest absolute Gasteiger partial charge is 0.326 e. The molecule has 1 aromatic carbocycles. The minimum absolute atomic E-state index is 0.00290. The molecule has 3 N–H and O–H groups in total. The van der Waals surface area contributed by atoms with E-state index in [1.165, 1.54) is 25.7 Å². The molecule has 1 aromatic rings. The van der Waals surface area contributed by atoms with E-state index in [9.17, 15) is 14.4 Å². The molecule has 39 heavy (non-hydrogen) atoms. The van der Waals surface area contributed by atoms with Crippen LogP contribution in [-0.2, 0) is 14.4 Å². The lowest BCUT2D eigenvalue weighted by Gasteiger charge is -2.36. The summed E-state index contributed by atoms with van der Waals surface area (Å²) >= 11 is 0. The van der Waals surface area contributed by atoms with Gasteiger partial charge in [0.15, 0.2) is 0 Å². The van der Waals surface area contributed by atoms with Crippen molar-refractivity contribution in [2.24, 2.45) is 29.1 Å². The normalized spacial score (nSPS) is 23.8. The van der Waals surface area contributed by atoms with Crippen LogP contribution in [0.2, 0.25) is 0 Å². The zero-order valence-electron chi connectivity index (χ0n) is 24.6.